The quantitative estimate of drug-likeness (QED) is 0.906. The van der Waals surface area contributed by atoms with E-state index in [-0.39, 0.29) is 0 Å². The van der Waals surface area contributed by atoms with E-state index >= 15 is 0 Å². The van der Waals surface area contributed by atoms with E-state index in [1.165, 1.54) is 17.0 Å². The molecule has 1 aromatic heterocycles. The molecule has 1 aliphatic rings. The minimum Gasteiger partial charge on any atom is -0.368 e. The highest BCUT2D eigenvalue weighted by Crippen LogP contribution is 2.28. The van der Waals surface area contributed by atoms with Crippen molar-refractivity contribution in [2.45, 2.75) is 59.1 Å². The molecular weight excluding hydrogens is 238 g/mol. The van der Waals surface area contributed by atoms with Crippen LogP contribution in [0.3, 0.4) is 0 Å². The molecule has 0 atom stereocenters. The van der Waals surface area contributed by atoms with Gasteiger partial charge in [-0.25, -0.2) is 9.97 Å². The van der Waals surface area contributed by atoms with Gasteiger partial charge in [0.25, 0.3) is 0 Å². The minimum absolute atomic E-state index is 0.410. The Labute approximate surface area is 116 Å². The standard InChI is InChI=1S/C15H25N3O/c1-6-19-15(4,5)14-17-12-7-8-16-9-11(12)13(18-14)10(2)3/h10,16H,6-9H2,1-5H3. The number of nitrogens with zero attached hydrogens (tertiary/aromatic N) is 2. The number of fused-ring (bicyclic) bond motifs is 1. The molecule has 2 rings (SSSR count). The van der Waals surface area contributed by atoms with Crippen LogP contribution in [0.5, 0.6) is 0 Å². The van der Waals surface area contributed by atoms with Gasteiger partial charge in [-0.15, -0.1) is 0 Å². The van der Waals surface area contributed by atoms with Gasteiger partial charge in [0.2, 0.25) is 0 Å². The van der Waals surface area contributed by atoms with Crippen LogP contribution < -0.4 is 5.32 Å². The Bertz CT molecular complexity index is 455. The number of nitrogens with one attached hydrogen (secondary N) is 1. The maximum absolute atomic E-state index is 5.80. The molecule has 0 amide bonds. The van der Waals surface area contributed by atoms with Crippen molar-refractivity contribution in [2.24, 2.45) is 0 Å². The Morgan fingerprint density at radius 1 is 1.32 bits per heavy atom. The van der Waals surface area contributed by atoms with E-state index in [4.69, 9.17) is 14.7 Å². The van der Waals surface area contributed by atoms with Crippen molar-refractivity contribution in [3.63, 3.8) is 0 Å². The molecule has 0 fully saturated rings. The monoisotopic (exact) mass is 263 g/mol. The molecule has 4 nitrogen and oxygen atoms in total. The normalized spacial score (nSPS) is 15.7. The van der Waals surface area contributed by atoms with E-state index in [1.807, 2.05) is 20.8 Å². The van der Waals surface area contributed by atoms with Crippen LogP contribution in [0.2, 0.25) is 0 Å². The molecule has 19 heavy (non-hydrogen) atoms. The molecule has 106 valence electrons. The second-order valence-electron chi connectivity index (χ2n) is 5.88. The van der Waals surface area contributed by atoms with Crippen LogP contribution in [0.1, 0.15) is 63.3 Å². The summed E-state index contributed by atoms with van der Waals surface area (Å²) in [6.07, 6.45) is 0.979. The van der Waals surface area contributed by atoms with Crippen LogP contribution in [0.15, 0.2) is 0 Å². The molecule has 1 aliphatic heterocycles. The summed E-state index contributed by atoms with van der Waals surface area (Å²) < 4.78 is 5.80. The average Bonchev–Trinajstić information content (AvgIpc) is 2.37. The van der Waals surface area contributed by atoms with Crippen LogP contribution in [-0.4, -0.2) is 23.1 Å². The van der Waals surface area contributed by atoms with Crippen molar-refractivity contribution in [1.82, 2.24) is 15.3 Å². The van der Waals surface area contributed by atoms with Gasteiger partial charge in [-0.2, -0.15) is 0 Å². The first-order valence-electron chi connectivity index (χ1n) is 7.20. The maximum atomic E-state index is 5.80. The first-order valence-corrected chi connectivity index (χ1v) is 7.20. The average molecular weight is 263 g/mol. The summed E-state index contributed by atoms with van der Waals surface area (Å²) in [4.78, 5) is 9.57. The van der Waals surface area contributed by atoms with Crippen molar-refractivity contribution in [3.8, 4) is 0 Å². The molecule has 0 spiro atoms. The highest BCUT2D eigenvalue weighted by Gasteiger charge is 2.28. The highest BCUT2D eigenvalue weighted by atomic mass is 16.5. The first-order chi connectivity index (χ1) is 8.95. The van der Waals surface area contributed by atoms with E-state index in [2.05, 4.69) is 19.2 Å². The molecule has 0 bridgehead atoms. The Morgan fingerprint density at radius 3 is 2.68 bits per heavy atom. The highest BCUT2D eigenvalue weighted by molar-refractivity contribution is 5.31. The largest absolute Gasteiger partial charge is 0.368 e. The molecule has 0 radical (unpaired) electrons. The van der Waals surface area contributed by atoms with E-state index in [0.29, 0.717) is 12.5 Å². The molecule has 0 saturated carbocycles. The van der Waals surface area contributed by atoms with Crippen molar-refractivity contribution >= 4 is 0 Å². The topological polar surface area (TPSA) is 47.0 Å². The molecule has 0 aromatic carbocycles. The Kier molecular flexibility index (Phi) is 4.21. The molecule has 0 aliphatic carbocycles. The Balaban J connectivity index is 2.49. The van der Waals surface area contributed by atoms with Gasteiger partial charge in [0.15, 0.2) is 5.82 Å². The van der Waals surface area contributed by atoms with Gasteiger partial charge in [0.05, 0.1) is 11.4 Å². The summed E-state index contributed by atoms with van der Waals surface area (Å²) in [5, 5.41) is 3.41. The summed E-state index contributed by atoms with van der Waals surface area (Å²) in [5.41, 5.74) is 3.23. The maximum Gasteiger partial charge on any atom is 0.160 e. The third kappa shape index (κ3) is 2.95. The van der Waals surface area contributed by atoms with E-state index in [9.17, 15) is 0 Å². The Morgan fingerprint density at radius 2 is 2.05 bits per heavy atom. The summed E-state index contributed by atoms with van der Waals surface area (Å²) in [7, 11) is 0. The fraction of sp³-hybridized carbons (Fsp3) is 0.733. The van der Waals surface area contributed by atoms with E-state index in [1.54, 1.807) is 0 Å². The second-order valence-corrected chi connectivity index (χ2v) is 5.88. The minimum atomic E-state index is -0.418. The summed E-state index contributed by atoms with van der Waals surface area (Å²) in [6.45, 7) is 13.0. The van der Waals surface area contributed by atoms with E-state index < -0.39 is 5.60 Å². The third-order valence-electron chi connectivity index (χ3n) is 3.56. The zero-order valence-corrected chi connectivity index (χ0v) is 12.7. The summed E-state index contributed by atoms with van der Waals surface area (Å²) in [5.74, 6) is 1.23. The van der Waals surface area contributed by atoms with Gasteiger partial charge in [-0.3, -0.25) is 0 Å². The zero-order chi connectivity index (χ0) is 14.0. The predicted octanol–water partition coefficient (Wildman–Crippen LogP) is 2.52. The summed E-state index contributed by atoms with van der Waals surface area (Å²) >= 11 is 0. The predicted molar refractivity (Wildman–Crippen MR) is 76.2 cm³/mol. The van der Waals surface area contributed by atoms with Gasteiger partial charge in [-0.1, -0.05) is 13.8 Å². The third-order valence-corrected chi connectivity index (χ3v) is 3.56. The number of aromatic nitrogens is 2. The van der Waals surface area contributed by atoms with Crippen molar-refractivity contribution in [1.29, 1.82) is 0 Å². The molecule has 0 unspecified atom stereocenters. The van der Waals surface area contributed by atoms with Gasteiger partial charge in [0, 0.05) is 31.7 Å². The molecule has 2 heterocycles. The first kappa shape index (κ1) is 14.4. The van der Waals surface area contributed by atoms with Crippen LogP contribution in [0, 0.1) is 0 Å². The molecule has 4 heteroatoms. The van der Waals surface area contributed by atoms with Crippen LogP contribution in [-0.2, 0) is 23.3 Å². The van der Waals surface area contributed by atoms with Crippen LogP contribution in [0.25, 0.3) is 0 Å². The van der Waals surface area contributed by atoms with Crippen molar-refractivity contribution in [3.05, 3.63) is 22.8 Å². The van der Waals surface area contributed by atoms with E-state index in [0.717, 1.165) is 25.3 Å². The fourth-order valence-electron chi connectivity index (χ4n) is 2.54. The van der Waals surface area contributed by atoms with Gasteiger partial charge in [0.1, 0.15) is 5.60 Å². The number of rotatable bonds is 4. The molecule has 0 saturated heterocycles. The number of ether oxygens (including phenoxy) is 1. The fourth-order valence-corrected chi connectivity index (χ4v) is 2.54. The summed E-state index contributed by atoms with van der Waals surface area (Å²) in [6, 6.07) is 0. The molecule has 1 N–H and O–H groups in total. The zero-order valence-electron chi connectivity index (χ0n) is 12.7. The lowest BCUT2D eigenvalue weighted by Gasteiger charge is -2.27. The lowest BCUT2D eigenvalue weighted by molar-refractivity contribution is -0.0212. The lowest BCUT2D eigenvalue weighted by Crippen LogP contribution is -2.31. The molecule has 1 aromatic rings. The van der Waals surface area contributed by atoms with Gasteiger partial charge in [-0.05, 0) is 26.7 Å². The molecular formula is C15H25N3O. The second kappa shape index (κ2) is 5.55. The smallest absolute Gasteiger partial charge is 0.160 e. The van der Waals surface area contributed by atoms with Gasteiger partial charge >= 0.3 is 0 Å². The van der Waals surface area contributed by atoms with Gasteiger partial charge < -0.3 is 10.1 Å². The van der Waals surface area contributed by atoms with Crippen molar-refractivity contribution in [2.75, 3.05) is 13.2 Å². The number of hydrogen-bond acceptors (Lipinski definition) is 4. The van der Waals surface area contributed by atoms with Crippen LogP contribution >= 0.6 is 0 Å². The SMILES string of the molecule is CCOC(C)(C)c1nc2c(c(C(C)C)n1)CNCC2. The number of hydrogen-bond donors (Lipinski definition) is 1. The van der Waals surface area contributed by atoms with Crippen LogP contribution in [0.4, 0.5) is 0 Å². The lowest BCUT2D eigenvalue weighted by atomic mass is 9.97. The Hall–Kier alpha value is -1.00. The van der Waals surface area contributed by atoms with Crippen molar-refractivity contribution < 1.29 is 4.74 Å².